The molecule has 0 saturated heterocycles. The molecule has 4 aliphatic carbocycles. The van der Waals surface area contributed by atoms with E-state index in [9.17, 15) is 9.59 Å². The highest BCUT2D eigenvalue weighted by molar-refractivity contribution is 9.10. The summed E-state index contributed by atoms with van der Waals surface area (Å²) in [5, 5.41) is 0. The van der Waals surface area contributed by atoms with E-state index >= 15 is 0 Å². The highest BCUT2D eigenvalue weighted by Gasteiger charge is 2.70. The van der Waals surface area contributed by atoms with Crippen molar-refractivity contribution in [1.29, 1.82) is 0 Å². The van der Waals surface area contributed by atoms with Crippen LogP contribution in [0, 0.1) is 34.5 Å². The number of ether oxygens (including phenoxy) is 1. The average Bonchev–Trinajstić information content (AvgIpc) is 2.83. The number of hydrogen-bond donors (Lipinski definition) is 0. The van der Waals surface area contributed by atoms with Crippen LogP contribution in [0.25, 0.3) is 0 Å². The molecule has 0 amide bonds. The first-order valence-electron chi connectivity index (χ1n) is 11.0. The van der Waals surface area contributed by atoms with Crippen LogP contribution in [-0.2, 0) is 14.3 Å². The maximum Gasteiger partial charge on any atom is 0.302 e. The van der Waals surface area contributed by atoms with Crippen molar-refractivity contribution in [3.63, 3.8) is 0 Å². The second-order valence-electron chi connectivity index (χ2n) is 10.5. The summed E-state index contributed by atoms with van der Waals surface area (Å²) in [5.41, 5.74) is 0.352. The van der Waals surface area contributed by atoms with Crippen LogP contribution >= 0.6 is 15.9 Å². The Balaban J connectivity index is 1.70. The predicted molar refractivity (Wildman–Crippen MR) is 110 cm³/mol. The van der Waals surface area contributed by atoms with Crippen LogP contribution < -0.4 is 0 Å². The third kappa shape index (κ3) is 2.64. The molecular weight excluding hydrogens is 404 g/mol. The van der Waals surface area contributed by atoms with Gasteiger partial charge in [0.05, 0.1) is 0 Å². The highest BCUT2D eigenvalue weighted by atomic mass is 79.9. The van der Waals surface area contributed by atoms with Gasteiger partial charge in [-0.3, -0.25) is 9.59 Å². The Morgan fingerprint density at radius 1 is 0.963 bits per heavy atom. The molecule has 0 N–H and O–H groups in total. The minimum atomic E-state index is -0.731. The molecule has 4 rings (SSSR count). The molecule has 0 aromatic heterocycles. The van der Waals surface area contributed by atoms with Gasteiger partial charge in [0.2, 0.25) is 0 Å². The first-order valence-corrected chi connectivity index (χ1v) is 11.8. The van der Waals surface area contributed by atoms with Crippen LogP contribution in [0.2, 0.25) is 0 Å². The zero-order chi connectivity index (χ0) is 19.6. The van der Waals surface area contributed by atoms with Crippen molar-refractivity contribution < 1.29 is 14.3 Å². The summed E-state index contributed by atoms with van der Waals surface area (Å²) in [7, 11) is 0. The molecule has 0 aromatic rings. The molecule has 4 aliphatic rings. The quantitative estimate of drug-likeness (QED) is 0.411. The van der Waals surface area contributed by atoms with Crippen LogP contribution in [-0.4, -0.2) is 22.2 Å². The Kier molecular flexibility index (Phi) is 4.85. The van der Waals surface area contributed by atoms with Gasteiger partial charge in [-0.25, -0.2) is 0 Å². The minimum absolute atomic E-state index is 0.120. The SMILES string of the molecule is CC(=O)O[C@H]1C[C@H]2[C@@H]3CC[C@H]4CCCC[C@]4(C)[C@H]3CC[C@]2(C)[C@@]1(Br)C(C)=O. The number of rotatable bonds is 2. The van der Waals surface area contributed by atoms with E-state index in [-0.39, 0.29) is 23.3 Å². The van der Waals surface area contributed by atoms with Gasteiger partial charge in [0.1, 0.15) is 10.4 Å². The molecule has 0 heterocycles. The average molecular weight is 439 g/mol. The summed E-state index contributed by atoms with van der Waals surface area (Å²) in [6, 6.07) is 0. The van der Waals surface area contributed by atoms with Crippen molar-refractivity contribution >= 4 is 27.7 Å². The second kappa shape index (κ2) is 6.57. The van der Waals surface area contributed by atoms with E-state index in [1.165, 1.54) is 51.9 Å². The monoisotopic (exact) mass is 438 g/mol. The third-order valence-electron chi connectivity index (χ3n) is 9.54. The number of hydrogen-bond acceptors (Lipinski definition) is 3. The van der Waals surface area contributed by atoms with Gasteiger partial charge in [0.25, 0.3) is 0 Å². The molecule has 27 heavy (non-hydrogen) atoms. The van der Waals surface area contributed by atoms with Crippen molar-refractivity contribution in [2.24, 2.45) is 34.5 Å². The number of carbonyl (C=O) groups is 2. The molecule has 0 radical (unpaired) electrons. The topological polar surface area (TPSA) is 43.4 Å². The van der Waals surface area contributed by atoms with E-state index in [1.807, 2.05) is 0 Å². The summed E-state index contributed by atoms with van der Waals surface area (Å²) >= 11 is 3.88. The van der Waals surface area contributed by atoms with Crippen LogP contribution in [0.3, 0.4) is 0 Å². The Bertz CT molecular complexity index is 648. The Morgan fingerprint density at radius 3 is 2.37 bits per heavy atom. The van der Waals surface area contributed by atoms with Gasteiger partial charge in [-0.15, -0.1) is 0 Å². The number of carbonyl (C=O) groups excluding carboxylic acids is 2. The lowest BCUT2D eigenvalue weighted by Gasteiger charge is -2.61. The van der Waals surface area contributed by atoms with Crippen molar-refractivity contribution in [2.45, 2.75) is 95.9 Å². The number of alkyl halides is 1. The number of halogens is 1. The summed E-state index contributed by atoms with van der Waals surface area (Å²) in [5.74, 6) is 2.64. The van der Waals surface area contributed by atoms with E-state index in [1.54, 1.807) is 6.92 Å². The molecule has 4 saturated carbocycles. The van der Waals surface area contributed by atoms with Crippen LogP contribution in [0.5, 0.6) is 0 Å². The smallest absolute Gasteiger partial charge is 0.302 e. The highest BCUT2D eigenvalue weighted by Crippen LogP contribution is 2.70. The second-order valence-corrected chi connectivity index (χ2v) is 11.7. The fourth-order valence-electron chi connectivity index (χ4n) is 8.22. The van der Waals surface area contributed by atoms with Gasteiger partial charge < -0.3 is 4.74 Å². The maximum absolute atomic E-state index is 12.8. The zero-order valence-electron chi connectivity index (χ0n) is 17.4. The van der Waals surface area contributed by atoms with Gasteiger partial charge in [0.15, 0.2) is 5.78 Å². The number of Topliss-reactive ketones (excluding diaryl/α,β-unsaturated/α-hetero) is 1. The first kappa shape index (κ1) is 19.9. The van der Waals surface area contributed by atoms with Gasteiger partial charge in [0, 0.05) is 6.92 Å². The molecule has 3 nitrogen and oxygen atoms in total. The minimum Gasteiger partial charge on any atom is -0.461 e. The summed E-state index contributed by atoms with van der Waals surface area (Å²) < 4.78 is 5.02. The van der Waals surface area contributed by atoms with Crippen molar-refractivity contribution in [2.75, 3.05) is 0 Å². The number of esters is 1. The fraction of sp³-hybridized carbons (Fsp3) is 0.913. The third-order valence-corrected chi connectivity index (χ3v) is 11.5. The lowest BCUT2D eigenvalue weighted by molar-refractivity contribution is -0.149. The molecule has 8 atom stereocenters. The van der Waals surface area contributed by atoms with E-state index in [0.29, 0.717) is 17.3 Å². The Morgan fingerprint density at radius 2 is 1.70 bits per heavy atom. The molecule has 0 bridgehead atoms. The van der Waals surface area contributed by atoms with Gasteiger partial charge >= 0.3 is 5.97 Å². The summed E-state index contributed by atoms with van der Waals surface area (Å²) in [6.45, 7) is 8.00. The predicted octanol–water partition coefficient (Wildman–Crippen LogP) is 5.68. The molecule has 0 aromatic carbocycles. The van der Waals surface area contributed by atoms with Crippen LogP contribution in [0.1, 0.15) is 85.5 Å². The summed E-state index contributed by atoms with van der Waals surface area (Å²) in [4.78, 5) is 24.6. The van der Waals surface area contributed by atoms with Gasteiger partial charge in [-0.1, -0.05) is 42.6 Å². The lowest BCUT2D eigenvalue weighted by atomic mass is 9.45. The Labute approximate surface area is 172 Å². The largest absolute Gasteiger partial charge is 0.461 e. The normalized spacial score (nSPS) is 51.7. The van der Waals surface area contributed by atoms with Crippen LogP contribution in [0.15, 0.2) is 0 Å². The Hall–Kier alpha value is -0.380. The number of fused-ring (bicyclic) bond motifs is 5. The van der Waals surface area contributed by atoms with Crippen molar-refractivity contribution in [1.82, 2.24) is 0 Å². The van der Waals surface area contributed by atoms with E-state index in [4.69, 9.17) is 4.74 Å². The molecule has 4 heteroatoms. The van der Waals surface area contributed by atoms with Gasteiger partial charge in [-0.2, -0.15) is 0 Å². The lowest BCUT2D eigenvalue weighted by Crippen LogP contribution is -2.57. The molecule has 152 valence electrons. The maximum atomic E-state index is 12.8. The zero-order valence-corrected chi connectivity index (χ0v) is 18.9. The summed E-state index contributed by atoms with van der Waals surface area (Å²) in [6.07, 6.45) is 11.0. The van der Waals surface area contributed by atoms with E-state index in [0.717, 1.165) is 24.7 Å². The molecule has 0 unspecified atom stereocenters. The standard InChI is InChI=1S/C23H35BrO3/c1-14(25)23(24)20(27-15(2)26)13-19-17-9-8-16-7-5-6-11-21(16,3)18(17)10-12-22(19,23)4/h16-20H,5-13H2,1-4H3/t16-,17-,18+,19+,20+,21+,22+,23-/m1/s1. The number of ketones is 1. The van der Waals surface area contributed by atoms with E-state index < -0.39 is 4.32 Å². The first-order chi connectivity index (χ1) is 12.6. The van der Waals surface area contributed by atoms with Crippen molar-refractivity contribution in [3.05, 3.63) is 0 Å². The van der Waals surface area contributed by atoms with Crippen LogP contribution in [0.4, 0.5) is 0 Å². The molecule has 4 fully saturated rings. The molecule has 0 aliphatic heterocycles. The molecular formula is C23H35BrO3. The van der Waals surface area contributed by atoms with Gasteiger partial charge in [-0.05, 0) is 86.4 Å². The van der Waals surface area contributed by atoms with Crippen molar-refractivity contribution in [3.8, 4) is 0 Å². The fourth-order valence-corrected chi connectivity index (χ4v) is 8.99. The van der Waals surface area contributed by atoms with E-state index in [2.05, 4.69) is 29.8 Å². The molecule has 0 spiro atoms.